The Morgan fingerprint density at radius 3 is 2.48 bits per heavy atom. The normalized spacial score (nSPS) is 14.0. The van der Waals surface area contributed by atoms with Crippen molar-refractivity contribution in [2.45, 2.75) is 44.6 Å². The first-order valence-electron chi connectivity index (χ1n) is 7.15. The van der Waals surface area contributed by atoms with Crippen molar-refractivity contribution in [3.8, 4) is 0 Å². The van der Waals surface area contributed by atoms with Crippen molar-refractivity contribution in [2.75, 3.05) is 6.26 Å². The van der Waals surface area contributed by atoms with Gasteiger partial charge in [0.1, 0.15) is 0 Å². The van der Waals surface area contributed by atoms with Crippen molar-refractivity contribution in [3.63, 3.8) is 0 Å². The molecule has 0 aliphatic carbocycles. The van der Waals surface area contributed by atoms with Crippen molar-refractivity contribution in [1.82, 2.24) is 9.55 Å². The molecular formula is C15H22N2O2S2. The average Bonchev–Trinajstić information content (AvgIpc) is 2.70. The minimum Gasteiger partial charge on any atom is -0.329 e. The summed E-state index contributed by atoms with van der Waals surface area (Å²) < 4.78 is 26.4. The number of rotatable bonds is 5. The summed E-state index contributed by atoms with van der Waals surface area (Å²) in [4.78, 5) is 3.38. The number of nitrogens with zero attached hydrogens (tertiary/aromatic N) is 1. The second-order valence-corrected chi connectivity index (χ2v) is 8.41. The van der Waals surface area contributed by atoms with E-state index in [0.717, 1.165) is 18.4 Å². The first-order chi connectivity index (χ1) is 9.71. The molecule has 6 heteroatoms. The Morgan fingerprint density at radius 2 is 1.90 bits per heavy atom. The number of benzene rings is 1. The largest absolute Gasteiger partial charge is 0.329 e. The number of aromatic amines is 1. The molecule has 0 amide bonds. The highest BCUT2D eigenvalue weighted by Gasteiger charge is 2.17. The van der Waals surface area contributed by atoms with Crippen molar-refractivity contribution in [3.05, 3.63) is 23.0 Å². The van der Waals surface area contributed by atoms with E-state index in [9.17, 15) is 8.42 Å². The summed E-state index contributed by atoms with van der Waals surface area (Å²) in [6, 6.07) is 5.55. The molecule has 0 saturated carbocycles. The molecule has 0 bridgehead atoms. The predicted octanol–water partition coefficient (Wildman–Crippen LogP) is 4.10. The fourth-order valence-corrected chi connectivity index (χ4v) is 3.81. The molecule has 1 N–H and O–H groups in total. The van der Waals surface area contributed by atoms with Gasteiger partial charge in [0.15, 0.2) is 14.6 Å². The molecule has 1 atom stereocenters. The minimum atomic E-state index is -3.28. The number of fused-ring (bicyclic) bond motifs is 1. The van der Waals surface area contributed by atoms with E-state index in [0.29, 0.717) is 21.1 Å². The van der Waals surface area contributed by atoms with E-state index < -0.39 is 9.84 Å². The Labute approximate surface area is 131 Å². The van der Waals surface area contributed by atoms with E-state index in [1.165, 1.54) is 6.26 Å². The molecule has 2 aromatic rings. The second-order valence-electron chi connectivity index (χ2n) is 6.04. The third-order valence-electron chi connectivity index (χ3n) is 3.72. The SMILES string of the molecule is CC(C)CCC(C)n1c(=S)[nH]c2c(S(C)(=O)=O)cccc21. The number of hydrogen-bond acceptors (Lipinski definition) is 3. The third-order valence-corrected chi connectivity index (χ3v) is 5.15. The van der Waals surface area contributed by atoms with Crippen LogP contribution in [0.5, 0.6) is 0 Å². The Kier molecular flexibility index (Phi) is 4.58. The molecule has 116 valence electrons. The van der Waals surface area contributed by atoms with Crippen LogP contribution >= 0.6 is 12.2 Å². The third kappa shape index (κ3) is 3.37. The standard InChI is InChI=1S/C15H22N2O2S2/c1-10(2)8-9-11(3)17-12-6-5-7-13(21(4,18)19)14(12)16-15(17)20/h5-7,10-11H,8-9H2,1-4H3,(H,16,20). The summed E-state index contributed by atoms with van der Waals surface area (Å²) in [5.41, 5.74) is 1.47. The Hall–Kier alpha value is -1.14. The fraction of sp³-hybridized carbons (Fsp3) is 0.533. The molecule has 0 aliphatic heterocycles. The summed E-state index contributed by atoms with van der Waals surface area (Å²) in [6.45, 7) is 6.52. The molecule has 0 fully saturated rings. The van der Waals surface area contributed by atoms with E-state index in [-0.39, 0.29) is 6.04 Å². The number of nitrogens with one attached hydrogen (secondary N) is 1. The second kappa shape index (κ2) is 5.93. The highest BCUT2D eigenvalue weighted by molar-refractivity contribution is 7.91. The van der Waals surface area contributed by atoms with Gasteiger partial charge in [0, 0.05) is 12.3 Å². The summed E-state index contributed by atoms with van der Waals surface area (Å²) in [5, 5.41) is 0. The molecule has 1 unspecified atom stereocenters. The molecule has 1 heterocycles. The van der Waals surface area contributed by atoms with Gasteiger partial charge >= 0.3 is 0 Å². The van der Waals surface area contributed by atoms with Gasteiger partial charge in [0.25, 0.3) is 0 Å². The molecule has 21 heavy (non-hydrogen) atoms. The van der Waals surface area contributed by atoms with Crippen molar-refractivity contribution in [1.29, 1.82) is 0 Å². The van der Waals surface area contributed by atoms with Crippen LogP contribution in [0.2, 0.25) is 0 Å². The van der Waals surface area contributed by atoms with E-state index in [1.54, 1.807) is 12.1 Å². The lowest BCUT2D eigenvalue weighted by molar-refractivity contribution is 0.443. The lowest BCUT2D eigenvalue weighted by Crippen LogP contribution is -2.06. The molecule has 0 aliphatic rings. The number of hydrogen-bond donors (Lipinski definition) is 1. The van der Waals surface area contributed by atoms with Crippen LogP contribution < -0.4 is 0 Å². The molecule has 0 radical (unpaired) electrons. The maximum Gasteiger partial charge on any atom is 0.178 e. The van der Waals surface area contributed by atoms with Crippen molar-refractivity contribution in [2.24, 2.45) is 5.92 Å². The zero-order chi connectivity index (χ0) is 15.8. The first-order valence-corrected chi connectivity index (χ1v) is 9.45. The zero-order valence-electron chi connectivity index (χ0n) is 12.9. The van der Waals surface area contributed by atoms with E-state index in [2.05, 4.69) is 25.8 Å². The summed E-state index contributed by atoms with van der Waals surface area (Å²) >= 11 is 5.40. The van der Waals surface area contributed by atoms with Crippen LogP contribution in [-0.4, -0.2) is 24.2 Å². The highest BCUT2D eigenvalue weighted by atomic mass is 32.2. The lowest BCUT2D eigenvalue weighted by Gasteiger charge is -2.16. The topological polar surface area (TPSA) is 54.9 Å². The number of para-hydroxylation sites is 1. The van der Waals surface area contributed by atoms with Gasteiger partial charge in [-0.3, -0.25) is 0 Å². The highest BCUT2D eigenvalue weighted by Crippen LogP contribution is 2.27. The maximum atomic E-state index is 11.9. The quantitative estimate of drug-likeness (QED) is 0.842. The smallest absolute Gasteiger partial charge is 0.178 e. The molecule has 4 nitrogen and oxygen atoms in total. The molecule has 1 aromatic heterocycles. The Balaban J connectivity index is 2.57. The molecular weight excluding hydrogens is 304 g/mol. The summed E-state index contributed by atoms with van der Waals surface area (Å²) in [7, 11) is -3.28. The number of H-pyrrole nitrogens is 1. The van der Waals surface area contributed by atoms with Gasteiger partial charge in [-0.15, -0.1) is 0 Å². The van der Waals surface area contributed by atoms with Gasteiger partial charge in [0.2, 0.25) is 0 Å². The van der Waals surface area contributed by atoms with Crippen LogP contribution in [0.25, 0.3) is 11.0 Å². The molecule has 0 saturated heterocycles. The van der Waals surface area contributed by atoms with Gasteiger partial charge in [0.05, 0.1) is 15.9 Å². The number of imidazole rings is 1. The van der Waals surface area contributed by atoms with Gasteiger partial charge in [-0.2, -0.15) is 0 Å². The summed E-state index contributed by atoms with van der Waals surface area (Å²) in [6.07, 6.45) is 3.35. The summed E-state index contributed by atoms with van der Waals surface area (Å²) in [5.74, 6) is 0.637. The van der Waals surface area contributed by atoms with Gasteiger partial charge < -0.3 is 9.55 Å². The maximum absolute atomic E-state index is 11.9. The van der Waals surface area contributed by atoms with Crippen LogP contribution in [0.4, 0.5) is 0 Å². The average molecular weight is 326 g/mol. The van der Waals surface area contributed by atoms with Gasteiger partial charge in [-0.1, -0.05) is 19.9 Å². The molecule has 1 aromatic carbocycles. The lowest BCUT2D eigenvalue weighted by atomic mass is 10.0. The molecule has 2 rings (SSSR count). The van der Waals surface area contributed by atoms with Crippen molar-refractivity contribution < 1.29 is 8.42 Å². The monoisotopic (exact) mass is 326 g/mol. The number of sulfone groups is 1. The van der Waals surface area contributed by atoms with Crippen molar-refractivity contribution >= 4 is 33.1 Å². The van der Waals surface area contributed by atoms with Crippen LogP contribution in [0.1, 0.15) is 39.7 Å². The minimum absolute atomic E-state index is 0.239. The number of aromatic nitrogens is 2. The first kappa shape index (κ1) is 16.2. The van der Waals surface area contributed by atoms with Gasteiger partial charge in [-0.25, -0.2) is 8.42 Å². The Bertz CT molecular complexity index is 801. The van der Waals surface area contributed by atoms with E-state index in [1.807, 2.05) is 10.6 Å². The van der Waals surface area contributed by atoms with Crippen LogP contribution in [-0.2, 0) is 9.84 Å². The van der Waals surface area contributed by atoms with Gasteiger partial charge in [-0.05, 0) is 50.0 Å². The fourth-order valence-electron chi connectivity index (χ4n) is 2.57. The Morgan fingerprint density at radius 1 is 1.24 bits per heavy atom. The van der Waals surface area contributed by atoms with Crippen LogP contribution in [0.15, 0.2) is 23.1 Å². The van der Waals surface area contributed by atoms with E-state index >= 15 is 0 Å². The van der Waals surface area contributed by atoms with E-state index in [4.69, 9.17) is 12.2 Å². The predicted molar refractivity (Wildman–Crippen MR) is 89.0 cm³/mol. The van der Waals surface area contributed by atoms with Crippen LogP contribution in [0, 0.1) is 10.7 Å². The van der Waals surface area contributed by atoms with Crippen LogP contribution in [0.3, 0.4) is 0 Å². The molecule has 0 spiro atoms. The zero-order valence-corrected chi connectivity index (χ0v) is 14.5.